The number of nitrogens with two attached hydrogens (primary N) is 1. The number of benzene rings is 1. The number of thiocarbonyl (C=S) groups is 1. The number of aryl methyl sites for hydroxylation is 2. The average molecular weight is 340 g/mol. The molecule has 0 fully saturated rings. The molecule has 0 unspecified atom stereocenters. The van der Waals surface area contributed by atoms with E-state index in [1.165, 1.54) is 6.07 Å². The standard InChI is InChI=1S/C14H16N2O2S3/c1-9-3-5-11(14(15)19)7-13(9)21(17,18)16-8-12-6-4-10(2)20-12/h3-7,16H,8H2,1-2H3,(H2,15,19). The molecule has 0 aliphatic heterocycles. The van der Waals surface area contributed by atoms with Crippen molar-refractivity contribution in [2.24, 2.45) is 5.73 Å². The second-order valence-corrected chi connectivity index (χ2v) is 8.23. The van der Waals surface area contributed by atoms with Crippen LogP contribution in [0, 0.1) is 13.8 Å². The zero-order valence-corrected chi connectivity index (χ0v) is 14.2. The minimum atomic E-state index is -3.59. The maximum Gasteiger partial charge on any atom is 0.241 e. The highest BCUT2D eigenvalue weighted by molar-refractivity contribution is 7.89. The normalized spacial score (nSPS) is 11.5. The number of nitrogens with one attached hydrogen (secondary N) is 1. The van der Waals surface area contributed by atoms with Crippen LogP contribution < -0.4 is 10.5 Å². The minimum absolute atomic E-state index is 0.181. The summed E-state index contributed by atoms with van der Waals surface area (Å²) in [4.78, 5) is 2.51. The highest BCUT2D eigenvalue weighted by atomic mass is 32.2. The fraction of sp³-hybridized carbons (Fsp3) is 0.214. The van der Waals surface area contributed by atoms with Crippen molar-refractivity contribution in [3.05, 3.63) is 51.2 Å². The molecule has 0 radical (unpaired) electrons. The lowest BCUT2D eigenvalue weighted by Crippen LogP contribution is -2.24. The zero-order valence-electron chi connectivity index (χ0n) is 11.7. The SMILES string of the molecule is Cc1ccc(CNS(=O)(=O)c2cc(C(N)=S)ccc2C)s1. The molecule has 0 bridgehead atoms. The quantitative estimate of drug-likeness (QED) is 0.820. The van der Waals surface area contributed by atoms with E-state index in [4.69, 9.17) is 18.0 Å². The molecule has 0 spiro atoms. The second-order valence-electron chi connectivity index (χ2n) is 4.68. The Morgan fingerprint density at radius 1 is 1.29 bits per heavy atom. The van der Waals surface area contributed by atoms with Crippen LogP contribution in [-0.2, 0) is 16.6 Å². The molecule has 0 saturated heterocycles. The molecule has 112 valence electrons. The van der Waals surface area contributed by atoms with E-state index in [9.17, 15) is 8.42 Å². The molecule has 0 amide bonds. The van der Waals surface area contributed by atoms with Crippen molar-refractivity contribution in [2.75, 3.05) is 0 Å². The summed E-state index contributed by atoms with van der Waals surface area (Å²) in [6, 6.07) is 8.82. The Morgan fingerprint density at radius 2 is 2.00 bits per heavy atom. The van der Waals surface area contributed by atoms with Gasteiger partial charge in [0.2, 0.25) is 10.0 Å². The lowest BCUT2D eigenvalue weighted by molar-refractivity contribution is 0.581. The summed E-state index contributed by atoms with van der Waals surface area (Å²) < 4.78 is 27.4. The lowest BCUT2D eigenvalue weighted by Gasteiger charge is -2.10. The van der Waals surface area contributed by atoms with Crippen LogP contribution in [0.3, 0.4) is 0 Å². The fourth-order valence-corrected chi connectivity index (χ4v) is 4.19. The van der Waals surface area contributed by atoms with Crippen LogP contribution >= 0.6 is 23.6 Å². The number of sulfonamides is 1. The molecule has 0 atom stereocenters. The summed E-state index contributed by atoms with van der Waals surface area (Å²) in [6.07, 6.45) is 0. The van der Waals surface area contributed by atoms with Crippen LogP contribution in [0.2, 0.25) is 0 Å². The van der Waals surface area contributed by atoms with Gasteiger partial charge in [-0.15, -0.1) is 11.3 Å². The van der Waals surface area contributed by atoms with E-state index in [2.05, 4.69) is 4.72 Å². The summed E-state index contributed by atoms with van der Waals surface area (Å²) in [5, 5.41) is 0. The van der Waals surface area contributed by atoms with Gasteiger partial charge < -0.3 is 5.73 Å². The van der Waals surface area contributed by atoms with Crippen molar-refractivity contribution in [3.63, 3.8) is 0 Å². The van der Waals surface area contributed by atoms with Gasteiger partial charge in [0, 0.05) is 21.9 Å². The molecular weight excluding hydrogens is 324 g/mol. The van der Waals surface area contributed by atoms with Crippen LogP contribution in [0.1, 0.15) is 20.9 Å². The van der Waals surface area contributed by atoms with E-state index in [-0.39, 0.29) is 16.4 Å². The van der Waals surface area contributed by atoms with E-state index < -0.39 is 10.0 Å². The van der Waals surface area contributed by atoms with E-state index >= 15 is 0 Å². The fourth-order valence-electron chi connectivity index (χ4n) is 1.87. The zero-order chi connectivity index (χ0) is 15.6. The van der Waals surface area contributed by atoms with Gasteiger partial charge in [0.05, 0.1) is 4.90 Å². The van der Waals surface area contributed by atoms with Gasteiger partial charge in [0.15, 0.2) is 0 Å². The Bertz CT molecular complexity index is 779. The van der Waals surface area contributed by atoms with E-state index in [1.54, 1.807) is 30.4 Å². The first-order chi connectivity index (χ1) is 9.79. The summed E-state index contributed by atoms with van der Waals surface area (Å²) in [5.74, 6) is 0. The maximum atomic E-state index is 12.4. The van der Waals surface area contributed by atoms with E-state index in [0.717, 1.165) is 9.75 Å². The molecule has 4 nitrogen and oxygen atoms in total. The van der Waals surface area contributed by atoms with Crippen molar-refractivity contribution >= 4 is 38.6 Å². The third kappa shape index (κ3) is 3.88. The predicted octanol–water partition coefficient (Wildman–Crippen LogP) is 2.48. The lowest BCUT2D eigenvalue weighted by atomic mass is 10.1. The molecule has 3 N–H and O–H groups in total. The summed E-state index contributed by atoms with van der Waals surface area (Å²) in [5.41, 5.74) is 6.76. The Labute approximate surface area is 134 Å². The van der Waals surface area contributed by atoms with E-state index in [0.29, 0.717) is 11.1 Å². The van der Waals surface area contributed by atoms with Crippen molar-refractivity contribution in [2.45, 2.75) is 25.3 Å². The van der Waals surface area contributed by atoms with Gasteiger partial charge in [0.1, 0.15) is 4.99 Å². The average Bonchev–Trinajstić information content (AvgIpc) is 2.82. The molecule has 0 aliphatic carbocycles. The third-order valence-corrected chi connectivity index (χ3v) is 5.77. The molecular formula is C14H16N2O2S3. The Balaban J connectivity index is 2.26. The maximum absolute atomic E-state index is 12.4. The molecule has 1 aromatic heterocycles. The summed E-state index contributed by atoms with van der Waals surface area (Å²) in [7, 11) is -3.59. The van der Waals surface area contributed by atoms with Gasteiger partial charge >= 0.3 is 0 Å². The number of hydrogen-bond acceptors (Lipinski definition) is 4. The van der Waals surface area contributed by atoms with Gasteiger partial charge in [-0.05, 0) is 37.6 Å². The Morgan fingerprint density at radius 3 is 2.57 bits per heavy atom. The molecule has 2 aromatic rings. The van der Waals surface area contributed by atoms with Gasteiger partial charge in [0.25, 0.3) is 0 Å². The van der Waals surface area contributed by atoms with Crippen molar-refractivity contribution in [3.8, 4) is 0 Å². The van der Waals surface area contributed by atoms with Gasteiger partial charge in [-0.3, -0.25) is 0 Å². The first kappa shape index (κ1) is 16.1. The van der Waals surface area contributed by atoms with Gasteiger partial charge in [-0.25, -0.2) is 13.1 Å². The highest BCUT2D eigenvalue weighted by Crippen LogP contribution is 2.19. The molecule has 1 heterocycles. The predicted molar refractivity (Wildman–Crippen MR) is 90.1 cm³/mol. The first-order valence-corrected chi connectivity index (χ1v) is 8.96. The highest BCUT2D eigenvalue weighted by Gasteiger charge is 2.18. The smallest absolute Gasteiger partial charge is 0.241 e. The monoisotopic (exact) mass is 340 g/mol. The van der Waals surface area contributed by atoms with Crippen LogP contribution in [-0.4, -0.2) is 13.4 Å². The molecule has 21 heavy (non-hydrogen) atoms. The van der Waals surface area contributed by atoms with Gasteiger partial charge in [-0.2, -0.15) is 0 Å². The Kier molecular flexibility index (Phi) is 4.77. The summed E-state index contributed by atoms with van der Waals surface area (Å²) >= 11 is 6.46. The second kappa shape index (κ2) is 6.23. The molecule has 0 aliphatic rings. The minimum Gasteiger partial charge on any atom is -0.389 e. The first-order valence-electron chi connectivity index (χ1n) is 6.25. The van der Waals surface area contributed by atoms with Crippen LogP contribution in [0.4, 0.5) is 0 Å². The Hall–Kier alpha value is -1.28. The van der Waals surface area contributed by atoms with Crippen molar-refractivity contribution in [1.82, 2.24) is 4.72 Å². The van der Waals surface area contributed by atoms with Crippen LogP contribution in [0.15, 0.2) is 35.2 Å². The molecule has 2 rings (SSSR count). The molecule has 1 aromatic carbocycles. The largest absolute Gasteiger partial charge is 0.389 e. The summed E-state index contributed by atoms with van der Waals surface area (Å²) in [6.45, 7) is 4.00. The van der Waals surface area contributed by atoms with E-state index in [1.807, 2.05) is 19.1 Å². The number of hydrogen-bond donors (Lipinski definition) is 2. The third-order valence-electron chi connectivity index (χ3n) is 2.99. The number of thiophene rings is 1. The van der Waals surface area contributed by atoms with Crippen LogP contribution in [0.5, 0.6) is 0 Å². The van der Waals surface area contributed by atoms with Crippen molar-refractivity contribution in [1.29, 1.82) is 0 Å². The molecule has 7 heteroatoms. The van der Waals surface area contributed by atoms with Gasteiger partial charge in [-0.1, -0.05) is 24.4 Å². The molecule has 0 saturated carbocycles. The number of rotatable bonds is 5. The van der Waals surface area contributed by atoms with Crippen LogP contribution in [0.25, 0.3) is 0 Å². The van der Waals surface area contributed by atoms with Crippen molar-refractivity contribution < 1.29 is 8.42 Å². The topological polar surface area (TPSA) is 72.2 Å².